The Balaban J connectivity index is 1.61. The lowest BCUT2D eigenvalue weighted by atomic mass is 9.58. The largest absolute Gasteiger partial charge is 0.510 e. The highest BCUT2D eigenvalue weighted by Crippen LogP contribution is 2.53. The van der Waals surface area contributed by atoms with E-state index in [0.29, 0.717) is 0 Å². The van der Waals surface area contributed by atoms with Crippen molar-refractivity contribution in [3.05, 3.63) is 45.7 Å². The highest BCUT2D eigenvalue weighted by Gasteiger charge is 2.63. The van der Waals surface area contributed by atoms with Crippen molar-refractivity contribution in [1.29, 1.82) is 0 Å². The van der Waals surface area contributed by atoms with Crippen molar-refractivity contribution in [3.8, 4) is 5.75 Å². The standard InChI is InChI=1S/C27H31F2N5O8/c1-33(2)18-12-5-9-4-11-13(29)6-14(32-25(41)26(31)7-10(28)8-34(26)3)19(35)16(11)20(36)15(9)22(38)27(12,42)23(39)17(21(18)37)24(30)40/h6,9-10,12,18,35,37-38,42H,4-5,7-8,31H2,1-3H3,(H2,30,40)(H,32,41)/t9-,10-,12-,18-,26-,27-/m0/s1. The number of carbonyl (C=O) groups is 4. The summed E-state index contributed by atoms with van der Waals surface area (Å²) in [5.41, 5.74) is 3.87. The van der Waals surface area contributed by atoms with Gasteiger partial charge in [0.25, 0.3) is 11.8 Å². The minimum atomic E-state index is -2.85. The molecule has 15 heteroatoms. The third-order valence-corrected chi connectivity index (χ3v) is 9.00. The molecule has 4 aliphatic rings. The summed E-state index contributed by atoms with van der Waals surface area (Å²) in [4.78, 5) is 54.8. The number of ketones is 2. The second kappa shape index (κ2) is 9.55. The molecule has 0 bridgehead atoms. The first-order chi connectivity index (χ1) is 19.5. The van der Waals surface area contributed by atoms with E-state index < -0.39 is 104 Å². The van der Waals surface area contributed by atoms with Gasteiger partial charge in [0.15, 0.2) is 22.8 Å². The molecule has 1 aromatic rings. The van der Waals surface area contributed by atoms with Crippen LogP contribution in [0.5, 0.6) is 5.75 Å². The number of primary amides is 1. The molecule has 5 rings (SSSR count). The van der Waals surface area contributed by atoms with E-state index >= 15 is 4.39 Å². The Bertz CT molecular complexity index is 1530. The zero-order chi connectivity index (χ0) is 31.2. The molecule has 0 unspecified atom stereocenters. The summed E-state index contributed by atoms with van der Waals surface area (Å²) in [7, 11) is 4.39. The first-order valence-corrected chi connectivity index (χ1v) is 13.1. The van der Waals surface area contributed by atoms with Gasteiger partial charge in [0.05, 0.1) is 17.3 Å². The van der Waals surface area contributed by atoms with Crippen LogP contribution in [0.15, 0.2) is 28.7 Å². The quantitative estimate of drug-likeness (QED) is 0.175. The lowest BCUT2D eigenvalue weighted by molar-refractivity contribution is -0.148. The molecule has 9 N–H and O–H groups in total. The van der Waals surface area contributed by atoms with Crippen LogP contribution in [-0.4, -0.2) is 105 Å². The molecule has 0 aromatic heterocycles. The second-order valence-corrected chi connectivity index (χ2v) is 11.6. The van der Waals surface area contributed by atoms with E-state index in [1.165, 1.54) is 30.9 Å². The molecule has 1 heterocycles. The topological polar surface area (TPSA) is 220 Å². The molecule has 0 radical (unpaired) electrons. The fraction of sp³-hybridized carbons (Fsp3) is 0.481. The van der Waals surface area contributed by atoms with Crippen molar-refractivity contribution in [2.24, 2.45) is 23.3 Å². The van der Waals surface area contributed by atoms with Gasteiger partial charge in [-0.05, 0) is 39.9 Å². The number of nitrogens with two attached hydrogens (primary N) is 2. The van der Waals surface area contributed by atoms with Gasteiger partial charge < -0.3 is 37.2 Å². The van der Waals surface area contributed by atoms with Crippen LogP contribution in [0.1, 0.15) is 28.8 Å². The molecule has 1 aliphatic heterocycles. The number of amides is 2. The van der Waals surface area contributed by atoms with Crippen LogP contribution < -0.4 is 16.8 Å². The van der Waals surface area contributed by atoms with Crippen molar-refractivity contribution >= 4 is 29.1 Å². The SMILES string of the molecule is CN(C)[C@@H]1C(O)=C(C(N)=O)C(=O)[C@@]2(O)C(O)=C3C(=O)c4c(O)c(NC(=O)[C@]5(N)C[C@H](F)CN5C)cc(F)c4C[C@H]3C[C@@H]12. The minimum absolute atomic E-state index is 0.135. The number of alkyl halides is 1. The van der Waals surface area contributed by atoms with Gasteiger partial charge in [-0.25, -0.2) is 8.78 Å². The molecule has 13 nitrogen and oxygen atoms in total. The minimum Gasteiger partial charge on any atom is -0.510 e. The number of phenols is 1. The van der Waals surface area contributed by atoms with E-state index in [2.05, 4.69) is 5.32 Å². The first-order valence-electron chi connectivity index (χ1n) is 13.1. The van der Waals surface area contributed by atoms with Crippen molar-refractivity contribution in [2.45, 2.75) is 42.7 Å². The van der Waals surface area contributed by atoms with Gasteiger partial charge in [-0.2, -0.15) is 0 Å². The predicted octanol–water partition coefficient (Wildman–Crippen LogP) is -0.473. The number of aliphatic hydroxyl groups is 3. The van der Waals surface area contributed by atoms with Gasteiger partial charge in [0.1, 0.15) is 29.1 Å². The third-order valence-electron chi connectivity index (χ3n) is 9.00. The highest BCUT2D eigenvalue weighted by atomic mass is 19.1. The molecule has 3 aliphatic carbocycles. The van der Waals surface area contributed by atoms with Gasteiger partial charge in [0.2, 0.25) is 5.78 Å². The number of benzene rings is 1. The summed E-state index contributed by atoms with van der Waals surface area (Å²) in [6.45, 7) is -0.135. The number of carbonyl (C=O) groups excluding carboxylic acids is 4. The van der Waals surface area contributed by atoms with Gasteiger partial charge in [-0.1, -0.05) is 0 Å². The maximum absolute atomic E-state index is 15.5. The number of phenolic OH excluding ortho intramolecular Hbond substituents is 1. The van der Waals surface area contributed by atoms with E-state index in [-0.39, 0.29) is 31.4 Å². The van der Waals surface area contributed by atoms with Crippen LogP contribution in [0, 0.1) is 17.7 Å². The molecule has 1 fully saturated rings. The maximum Gasteiger partial charge on any atom is 0.259 e. The zero-order valence-electron chi connectivity index (χ0n) is 22.9. The summed E-state index contributed by atoms with van der Waals surface area (Å²) in [5.74, 6) is -10.8. The van der Waals surface area contributed by atoms with E-state index in [9.17, 15) is 44.0 Å². The zero-order valence-corrected chi connectivity index (χ0v) is 22.9. The number of fused-ring (bicyclic) bond motifs is 3. The van der Waals surface area contributed by atoms with Gasteiger partial charge in [0, 0.05) is 36.1 Å². The van der Waals surface area contributed by atoms with Crippen LogP contribution in [0.25, 0.3) is 0 Å². The Kier molecular flexibility index (Phi) is 6.73. The lowest BCUT2D eigenvalue weighted by Crippen LogP contribution is -2.63. The molecule has 0 spiro atoms. The number of nitrogens with one attached hydrogen (secondary N) is 1. The molecule has 42 heavy (non-hydrogen) atoms. The summed E-state index contributed by atoms with van der Waals surface area (Å²) < 4.78 is 29.4. The normalized spacial score (nSPS) is 33.0. The Morgan fingerprint density at radius 1 is 1.21 bits per heavy atom. The number of halogens is 2. The highest BCUT2D eigenvalue weighted by molar-refractivity contribution is 6.25. The van der Waals surface area contributed by atoms with Gasteiger partial charge in [-0.15, -0.1) is 0 Å². The molecular weight excluding hydrogens is 560 g/mol. The van der Waals surface area contributed by atoms with Crippen molar-refractivity contribution in [1.82, 2.24) is 9.80 Å². The fourth-order valence-corrected chi connectivity index (χ4v) is 6.88. The van der Waals surface area contributed by atoms with Crippen LogP contribution in [-0.2, 0) is 20.8 Å². The first kappa shape index (κ1) is 29.6. The predicted molar refractivity (Wildman–Crippen MR) is 141 cm³/mol. The molecule has 2 amide bonds. The smallest absolute Gasteiger partial charge is 0.259 e. The lowest BCUT2D eigenvalue weighted by Gasteiger charge is -2.50. The Hall–Kier alpha value is -3.92. The Morgan fingerprint density at radius 2 is 1.86 bits per heavy atom. The van der Waals surface area contributed by atoms with E-state index in [4.69, 9.17) is 11.5 Å². The number of hydrogen-bond donors (Lipinski definition) is 7. The Labute approximate surface area is 238 Å². The maximum atomic E-state index is 15.5. The van der Waals surface area contributed by atoms with Gasteiger partial charge >= 0.3 is 0 Å². The monoisotopic (exact) mass is 591 g/mol. The molecule has 0 saturated carbocycles. The number of Topliss-reactive ketones (excluding diaryl/α,β-unsaturated/α-hetero) is 2. The number of anilines is 1. The average Bonchev–Trinajstić information content (AvgIpc) is 3.15. The van der Waals surface area contributed by atoms with Crippen molar-refractivity contribution in [3.63, 3.8) is 0 Å². The van der Waals surface area contributed by atoms with E-state index in [1.807, 2.05) is 0 Å². The molecule has 6 atom stereocenters. The number of aliphatic hydroxyl groups excluding tert-OH is 2. The summed E-state index contributed by atoms with van der Waals surface area (Å²) >= 11 is 0. The van der Waals surface area contributed by atoms with Crippen molar-refractivity contribution in [2.75, 3.05) is 33.0 Å². The average molecular weight is 592 g/mol. The van der Waals surface area contributed by atoms with Crippen molar-refractivity contribution < 1.29 is 48.4 Å². The molecule has 1 aromatic carbocycles. The number of likely N-dealkylation sites (tertiary alicyclic amines) is 1. The number of allylic oxidation sites excluding steroid dienone is 1. The van der Waals surface area contributed by atoms with E-state index in [0.717, 1.165) is 6.07 Å². The summed E-state index contributed by atoms with van der Waals surface area (Å²) in [6.07, 6.45) is -2.26. The number of hydrogen-bond acceptors (Lipinski definition) is 11. The third kappa shape index (κ3) is 3.87. The fourth-order valence-electron chi connectivity index (χ4n) is 6.88. The molecule has 226 valence electrons. The molecular formula is C27H31F2N5O8. The number of nitrogens with zero attached hydrogens (tertiary/aromatic N) is 2. The number of likely N-dealkylation sites (N-methyl/N-ethyl adjacent to an activating group) is 2. The molecule has 1 saturated heterocycles. The second-order valence-electron chi connectivity index (χ2n) is 11.6. The van der Waals surface area contributed by atoms with Crippen LogP contribution in [0.4, 0.5) is 14.5 Å². The van der Waals surface area contributed by atoms with Crippen LogP contribution in [0.3, 0.4) is 0 Å². The number of aromatic hydroxyl groups is 1. The Morgan fingerprint density at radius 3 is 2.40 bits per heavy atom. The van der Waals surface area contributed by atoms with E-state index in [1.54, 1.807) is 0 Å². The van der Waals surface area contributed by atoms with Crippen LogP contribution >= 0.6 is 0 Å². The summed E-state index contributed by atoms with van der Waals surface area (Å²) in [6, 6.07) is -0.397. The van der Waals surface area contributed by atoms with Crippen LogP contribution in [0.2, 0.25) is 0 Å². The number of rotatable bonds is 4. The van der Waals surface area contributed by atoms with Gasteiger partial charge in [-0.3, -0.25) is 29.0 Å². The summed E-state index contributed by atoms with van der Waals surface area (Å²) in [5, 5.41) is 47.0.